The van der Waals surface area contributed by atoms with Crippen LogP contribution in [0, 0.1) is 27.8 Å². The average Bonchev–Trinajstić information content (AvgIpc) is 3.80. The molecule has 3 fully saturated rings. The van der Waals surface area contributed by atoms with Crippen molar-refractivity contribution in [1.29, 1.82) is 0 Å². The van der Waals surface area contributed by atoms with E-state index >= 15 is 0 Å². The van der Waals surface area contributed by atoms with Crippen LogP contribution >= 0.6 is 0 Å². The predicted molar refractivity (Wildman–Crippen MR) is 171 cm³/mol. The molecule has 14 nitrogen and oxygen atoms in total. The van der Waals surface area contributed by atoms with Crippen molar-refractivity contribution >= 4 is 33.6 Å². The van der Waals surface area contributed by atoms with Crippen molar-refractivity contribution in [2.45, 2.75) is 43.7 Å². The van der Waals surface area contributed by atoms with Crippen LogP contribution in [0.5, 0.6) is 5.88 Å². The maximum absolute atomic E-state index is 14.9. The van der Waals surface area contributed by atoms with Gasteiger partial charge in [-0.25, -0.2) is 28.1 Å². The number of alkyl halides is 2. The molecule has 0 radical (unpaired) electrons. The third-order valence-electron chi connectivity index (χ3n) is 9.35. The van der Waals surface area contributed by atoms with Crippen LogP contribution in [0.25, 0.3) is 22.1 Å². The lowest BCUT2D eigenvalue weighted by molar-refractivity contribution is -0.519. The average molecular weight is 691 g/mol. The van der Waals surface area contributed by atoms with E-state index in [2.05, 4.69) is 36.8 Å². The summed E-state index contributed by atoms with van der Waals surface area (Å²) in [6.07, 6.45) is -2.21. The molecule has 0 bridgehead atoms. The van der Waals surface area contributed by atoms with Gasteiger partial charge in [-0.05, 0) is 37.1 Å². The van der Waals surface area contributed by atoms with Crippen LogP contribution in [0.4, 0.5) is 24.7 Å². The number of furan rings is 1. The number of halogens is 3. The summed E-state index contributed by atoms with van der Waals surface area (Å²) in [5, 5.41) is 16.6. The van der Waals surface area contributed by atoms with Crippen LogP contribution < -0.4 is 14.5 Å². The summed E-state index contributed by atoms with van der Waals surface area (Å²) in [5.74, 6) is 4.43. The number of aromatic nitrogens is 5. The van der Waals surface area contributed by atoms with Crippen molar-refractivity contribution < 1.29 is 36.7 Å². The fraction of sp³-hybridized carbons (Fsp3) is 0.394. The first-order valence-electron chi connectivity index (χ1n) is 15.8. The van der Waals surface area contributed by atoms with Crippen LogP contribution in [0.1, 0.15) is 36.9 Å². The molecule has 17 heteroatoms. The second kappa shape index (κ2) is 12.1. The number of fused-ring (bicyclic) bond motifs is 3. The van der Waals surface area contributed by atoms with E-state index in [9.17, 15) is 23.3 Å². The quantitative estimate of drug-likeness (QED) is 0.143. The summed E-state index contributed by atoms with van der Waals surface area (Å²) < 4.78 is 68.5. The highest BCUT2D eigenvalue weighted by Gasteiger charge is 2.51. The maximum Gasteiger partial charge on any atom is 0.297 e. The number of hydrogen-bond acceptors (Lipinski definition) is 12. The van der Waals surface area contributed by atoms with E-state index in [1.807, 2.05) is 13.0 Å². The molecule has 5 aromatic rings. The summed E-state index contributed by atoms with van der Waals surface area (Å²) in [7, 11) is 1.80. The summed E-state index contributed by atoms with van der Waals surface area (Å²) >= 11 is 0. The zero-order valence-electron chi connectivity index (χ0n) is 26.8. The Balaban J connectivity index is 1.16. The van der Waals surface area contributed by atoms with Gasteiger partial charge in [0.25, 0.3) is 12.6 Å². The summed E-state index contributed by atoms with van der Waals surface area (Å²) in [6.45, 7) is 3.66. The third-order valence-corrected chi connectivity index (χ3v) is 9.35. The smallest absolute Gasteiger partial charge is 0.297 e. The van der Waals surface area contributed by atoms with Gasteiger partial charge in [-0.2, -0.15) is 5.10 Å². The molecule has 0 aliphatic carbocycles. The molecule has 0 N–H and O–H groups in total. The van der Waals surface area contributed by atoms with Crippen molar-refractivity contribution in [2.24, 2.45) is 7.05 Å². The normalized spacial score (nSPS) is 21.5. The van der Waals surface area contributed by atoms with E-state index in [4.69, 9.17) is 18.6 Å². The van der Waals surface area contributed by atoms with Gasteiger partial charge >= 0.3 is 0 Å². The minimum Gasteiger partial charge on any atom is -0.471 e. The summed E-state index contributed by atoms with van der Waals surface area (Å²) in [6, 6.07) is 7.49. The molecule has 0 unspecified atom stereocenters. The van der Waals surface area contributed by atoms with E-state index in [0.717, 1.165) is 6.07 Å². The zero-order chi connectivity index (χ0) is 34.7. The summed E-state index contributed by atoms with van der Waals surface area (Å²) in [4.78, 5) is 27.7. The molecule has 0 amide bonds. The second-order valence-corrected chi connectivity index (χ2v) is 12.4. The van der Waals surface area contributed by atoms with Crippen molar-refractivity contribution in [3.05, 3.63) is 75.7 Å². The van der Waals surface area contributed by atoms with Crippen molar-refractivity contribution in [3.63, 3.8) is 0 Å². The number of rotatable bonds is 6. The fourth-order valence-corrected chi connectivity index (χ4v) is 6.71. The van der Waals surface area contributed by atoms with E-state index in [1.54, 1.807) is 30.2 Å². The van der Waals surface area contributed by atoms with Crippen LogP contribution in [-0.4, -0.2) is 86.5 Å². The number of aryl methyl sites for hydroxylation is 1. The summed E-state index contributed by atoms with van der Waals surface area (Å²) in [5.41, 5.74) is 0.954. The number of pyridine rings is 1. The van der Waals surface area contributed by atoms with E-state index < -0.39 is 40.9 Å². The van der Waals surface area contributed by atoms with Gasteiger partial charge in [-0.3, -0.25) is 19.7 Å². The van der Waals surface area contributed by atoms with Crippen molar-refractivity contribution in [1.82, 2.24) is 24.7 Å². The molecule has 1 aromatic carbocycles. The lowest BCUT2D eigenvalue weighted by Crippen LogP contribution is -2.68. The lowest BCUT2D eigenvalue weighted by atomic mass is 9.90. The highest BCUT2D eigenvalue weighted by atomic mass is 19.3. The van der Waals surface area contributed by atoms with Crippen LogP contribution in [0.2, 0.25) is 0 Å². The first-order valence-corrected chi connectivity index (χ1v) is 15.8. The van der Waals surface area contributed by atoms with Gasteiger partial charge in [0, 0.05) is 36.5 Å². The number of benzene rings is 1. The van der Waals surface area contributed by atoms with Crippen LogP contribution in [-0.2, 0) is 16.5 Å². The van der Waals surface area contributed by atoms with Crippen molar-refractivity contribution in [3.8, 4) is 17.7 Å². The molecule has 3 aliphatic heterocycles. The Labute approximate surface area is 281 Å². The topological polar surface area (TPSA) is 147 Å². The molecule has 3 atom stereocenters. The van der Waals surface area contributed by atoms with E-state index in [0.29, 0.717) is 43.3 Å². The Bertz CT molecular complexity index is 2190. The molecule has 8 rings (SSSR count). The first kappa shape index (κ1) is 31.8. The highest BCUT2D eigenvalue weighted by Crippen LogP contribution is 2.41. The van der Waals surface area contributed by atoms with Gasteiger partial charge in [0.05, 0.1) is 44.2 Å². The molecular weight excluding hydrogens is 661 g/mol. The van der Waals surface area contributed by atoms with Gasteiger partial charge in [-0.1, -0.05) is 12.0 Å². The second-order valence-electron chi connectivity index (χ2n) is 12.4. The number of morpholine rings is 1. The minimum atomic E-state index is -3.13. The van der Waals surface area contributed by atoms with Gasteiger partial charge in [-0.15, -0.1) is 0 Å². The Morgan fingerprint density at radius 2 is 2.02 bits per heavy atom. The molecule has 4 aromatic heterocycles. The van der Waals surface area contributed by atoms with Gasteiger partial charge in [0.1, 0.15) is 40.0 Å². The van der Waals surface area contributed by atoms with Gasteiger partial charge in [0.2, 0.25) is 5.88 Å². The first-order chi connectivity index (χ1) is 24.1. The van der Waals surface area contributed by atoms with Gasteiger partial charge in [0.15, 0.2) is 17.2 Å². The van der Waals surface area contributed by atoms with Gasteiger partial charge < -0.3 is 23.5 Å². The standard InChI is InChI=1S/C33H29F3N8O6/c1-18-33(16-47-17-33)48-11-10-42(18)23-12-19(6-7-20-8-9-41(2)40-20)14-37-32(23)49-21-13-25(44(45)46)43(15-21)31-28-27(38-30(39-31)29(35)36)26-22(34)4-3-5-24(26)50-28/h3-5,8-9,12,14,18,21,25,29H,10-11,13,15-17H2,1-2H3/t18-,21+,25-/m1/s1. The molecule has 1 spiro atoms. The Hall–Kier alpha value is -5.47. The number of nitrogens with zero attached hydrogens (tertiary/aromatic N) is 8. The van der Waals surface area contributed by atoms with Crippen LogP contribution in [0.15, 0.2) is 47.1 Å². The van der Waals surface area contributed by atoms with Crippen LogP contribution in [0.3, 0.4) is 0 Å². The molecular formula is C33H29F3N8O6. The van der Waals surface area contributed by atoms with E-state index in [-0.39, 0.29) is 52.8 Å². The Morgan fingerprint density at radius 3 is 2.74 bits per heavy atom. The lowest BCUT2D eigenvalue weighted by Gasteiger charge is -2.53. The van der Waals surface area contributed by atoms with E-state index in [1.165, 1.54) is 17.0 Å². The zero-order valence-corrected chi connectivity index (χ0v) is 26.8. The third kappa shape index (κ3) is 5.40. The maximum atomic E-state index is 14.9. The number of ether oxygens (including phenoxy) is 3. The number of anilines is 2. The van der Waals surface area contributed by atoms with Crippen molar-refractivity contribution in [2.75, 3.05) is 42.7 Å². The molecule has 258 valence electrons. The largest absolute Gasteiger partial charge is 0.471 e. The Kier molecular flexibility index (Phi) is 7.72. The fourth-order valence-electron chi connectivity index (χ4n) is 6.71. The molecule has 50 heavy (non-hydrogen) atoms. The number of hydrogen-bond donors (Lipinski definition) is 0. The molecule has 7 heterocycles. The monoisotopic (exact) mass is 690 g/mol. The SMILES string of the molecule is C[C@H]1N(c2cc(C#Cc3ccn(C)n3)cnc2O[C@H]2C[C@@H]([N+](=O)[O-])N(c3nc(C(F)F)nc4c3oc3cccc(F)c34)C2)CCOC12COC2. The highest BCUT2D eigenvalue weighted by molar-refractivity contribution is 6.06. The minimum absolute atomic E-state index is 0.0426. The molecule has 3 aliphatic rings. The number of nitro groups is 1. The molecule has 3 saturated heterocycles. The molecule has 0 saturated carbocycles. The Morgan fingerprint density at radius 1 is 1.18 bits per heavy atom. The predicted octanol–water partition coefficient (Wildman–Crippen LogP) is 4.24.